The van der Waals surface area contributed by atoms with Crippen LogP contribution in [0.2, 0.25) is 0 Å². The van der Waals surface area contributed by atoms with E-state index in [9.17, 15) is 8.42 Å². The molecule has 0 aliphatic carbocycles. The lowest BCUT2D eigenvalue weighted by Crippen LogP contribution is -2.35. The molecule has 0 unspecified atom stereocenters. The Labute approximate surface area is 193 Å². The Kier molecular flexibility index (Phi) is 7.11. The molecule has 2 heterocycles. The van der Waals surface area contributed by atoms with E-state index >= 15 is 0 Å². The van der Waals surface area contributed by atoms with Crippen LogP contribution in [0.1, 0.15) is 12.8 Å². The van der Waals surface area contributed by atoms with E-state index in [-0.39, 0.29) is 34.7 Å². The number of aromatic amines is 1. The topological polar surface area (TPSA) is 86.9 Å². The normalized spacial score (nSPS) is 14.7. The lowest BCUT2D eigenvalue weighted by Gasteiger charge is -2.24. The molecular formula is C22H24Cl2N4O2S. The summed E-state index contributed by atoms with van der Waals surface area (Å²) in [6.45, 7) is 1.97. The van der Waals surface area contributed by atoms with Crippen molar-refractivity contribution in [1.29, 1.82) is 0 Å². The molecule has 31 heavy (non-hydrogen) atoms. The van der Waals surface area contributed by atoms with Crippen molar-refractivity contribution in [2.75, 3.05) is 18.4 Å². The Balaban J connectivity index is 0.00000136. The zero-order valence-corrected chi connectivity index (χ0v) is 19.1. The molecule has 0 spiro atoms. The summed E-state index contributed by atoms with van der Waals surface area (Å²) in [6, 6.07) is 18.9. The summed E-state index contributed by atoms with van der Waals surface area (Å²) < 4.78 is 27.0. The third-order valence-corrected chi connectivity index (χ3v) is 7.31. The highest BCUT2D eigenvalue weighted by Gasteiger charge is 2.26. The number of hydrogen-bond donors (Lipinski definition) is 3. The first-order chi connectivity index (χ1) is 14.1. The number of hydrogen-bond acceptors (Lipinski definition) is 5. The highest BCUT2D eigenvalue weighted by Crippen LogP contribution is 2.33. The number of benzene rings is 3. The van der Waals surface area contributed by atoms with E-state index in [1.807, 2.05) is 48.5 Å². The van der Waals surface area contributed by atoms with E-state index in [0.717, 1.165) is 42.5 Å². The zero-order valence-electron chi connectivity index (χ0n) is 16.7. The molecule has 164 valence electrons. The van der Waals surface area contributed by atoms with E-state index in [4.69, 9.17) is 0 Å². The van der Waals surface area contributed by atoms with Gasteiger partial charge in [0, 0.05) is 16.8 Å². The fourth-order valence-corrected chi connectivity index (χ4v) is 5.63. The molecular weight excluding hydrogens is 455 g/mol. The van der Waals surface area contributed by atoms with Crippen LogP contribution >= 0.6 is 24.8 Å². The minimum atomic E-state index is -3.78. The van der Waals surface area contributed by atoms with Crippen LogP contribution in [0.4, 0.5) is 5.69 Å². The van der Waals surface area contributed by atoms with Crippen LogP contribution in [0.15, 0.2) is 70.6 Å². The maximum Gasteiger partial charge on any atom is 0.226 e. The number of para-hydroxylation sites is 1. The number of rotatable bonds is 4. The molecule has 0 bridgehead atoms. The molecule has 3 aromatic carbocycles. The van der Waals surface area contributed by atoms with Gasteiger partial charge < -0.3 is 10.6 Å². The molecule has 1 aliphatic rings. The SMILES string of the molecule is Cl.Cl.O=S(=O)(c1cccc2ccccc12)c1n[nH]c2c(NC3CCNCC3)cccc12. The van der Waals surface area contributed by atoms with Gasteiger partial charge in [0.1, 0.15) is 0 Å². The molecule has 0 saturated carbocycles. The smallest absolute Gasteiger partial charge is 0.226 e. The number of H-pyrrole nitrogens is 1. The lowest BCUT2D eigenvalue weighted by molar-refractivity contribution is 0.479. The molecule has 0 atom stereocenters. The van der Waals surface area contributed by atoms with Gasteiger partial charge >= 0.3 is 0 Å². The summed E-state index contributed by atoms with van der Waals surface area (Å²) in [5.74, 6) is 0. The van der Waals surface area contributed by atoms with Crippen molar-refractivity contribution in [3.05, 3.63) is 60.7 Å². The molecule has 3 N–H and O–H groups in total. The molecule has 5 rings (SSSR count). The fraction of sp³-hybridized carbons (Fsp3) is 0.227. The van der Waals surface area contributed by atoms with Gasteiger partial charge in [-0.25, -0.2) is 8.42 Å². The molecule has 0 amide bonds. The van der Waals surface area contributed by atoms with Gasteiger partial charge in [-0.2, -0.15) is 5.10 Å². The Bertz CT molecular complexity index is 1300. The molecule has 9 heteroatoms. The van der Waals surface area contributed by atoms with Crippen LogP contribution in [0.5, 0.6) is 0 Å². The van der Waals surface area contributed by atoms with Gasteiger partial charge in [0.05, 0.1) is 16.1 Å². The predicted octanol–water partition coefficient (Wildman–Crippen LogP) is 4.56. The summed E-state index contributed by atoms with van der Waals surface area (Å²) >= 11 is 0. The molecule has 1 saturated heterocycles. The Hall–Kier alpha value is -2.32. The first kappa shape index (κ1) is 23.3. The average Bonchev–Trinajstić information content (AvgIpc) is 3.20. The number of piperidine rings is 1. The third-order valence-electron chi connectivity index (χ3n) is 5.56. The average molecular weight is 479 g/mol. The van der Waals surface area contributed by atoms with Crippen molar-refractivity contribution in [2.45, 2.75) is 28.8 Å². The van der Waals surface area contributed by atoms with Crippen LogP contribution < -0.4 is 10.6 Å². The number of nitrogens with one attached hydrogen (secondary N) is 3. The second-order valence-electron chi connectivity index (χ2n) is 7.41. The Morgan fingerprint density at radius 1 is 0.871 bits per heavy atom. The van der Waals surface area contributed by atoms with Crippen molar-refractivity contribution < 1.29 is 8.42 Å². The van der Waals surface area contributed by atoms with Crippen LogP contribution in [0.3, 0.4) is 0 Å². The van der Waals surface area contributed by atoms with E-state index in [2.05, 4.69) is 20.8 Å². The number of halogens is 2. The quantitative estimate of drug-likeness (QED) is 0.400. The maximum absolute atomic E-state index is 13.5. The van der Waals surface area contributed by atoms with Crippen LogP contribution in [0.25, 0.3) is 21.7 Å². The highest BCUT2D eigenvalue weighted by atomic mass is 35.5. The standard InChI is InChI=1S/C22H22N4O2S.2ClH/c27-29(28,20-10-3-6-15-5-1-2-7-17(15)20)22-18-8-4-9-19(21(18)25-26-22)24-16-11-13-23-14-12-16;;/h1-10,16,23-24H,11-14H2,(H,25,26);2*1H. The van der Waals surface area contributed by atoms with Crippen molar-refractivity contribution in [3.8, 4) is 0 Å². The van der Waals surface area contributed by atoms with Gasteiger partial charge in [-0.3, -0.25) is 5.10 Å². The number of sulfone groups is 1. The summed E-state index contributed by atoms with van der Waals surface area (Å²) in [4.78, 5) is 0.278. The summed E-state index contributed by atoms with van der Waals surface area (Å²) in [6.07, 6.45) is 2.07. The highest BCUT2D eigenvalue weighted by molar-refractivity contribution is 7.91. The second kappa shape index (κ2) is 9.44. The molecule has 1 fully saturated rings. The first-order valence-electron chi connectivity index (χ1n) is 9.82. The Morgan fingerprint density at radius 3 is 2.35 bits per heavy atom. The van der Waals surface area contributed by atoms with Gasteiger partial charge in [-0.1, -0.05) is 42.5 Å². The predicted molar refractivity (Wildman–Crippen MR) is 130 cm³/mol. The van der Waals surface area contributed by atoms with E-state index in [0.29, 0.717) is 16.8 Å². The van der Waals surface area contributed by atoms with E-state index < -0.39 is 9.84 Å². The largest absolute Gasteiger partial charge is 0.380 e. The lowest BCUT2D eigenvalue weighted by atomic mass is 10.1. The van der Waals surface area contributed by atoms with Gasteiger partial charge in [0.2, 0.25) is 9.84 Å². The van der Waals surface area contributed by atoms with Crippen LogP contribution in [-0.4, -0.2) is 37.7 Å². The molecule has 0 radical (unpaired) electrons. The first-order valence-corrected chi connectivity index (χ1v) is 11.3. The van der Waals surface area contributed by atoms with Crippen molar-refractivity contribution >= 4 is 62.0 Å². The fourth-order valence-electron chi connectivity index (χ4n) is 4.06. The van der Waals surface area contributed by atoms with Crippen molar-refractivity contribution in [3.63, 3.8) is 0 Å². The second-order valence-corrected chi connectivity index (χ2v) is 9.24. The minimum Gasteiger partial charge on any atom is -0.380 e. The summed E-state index contributed by atoms with van der Waals surface area (Å²) in [5.41, 5.74) is 1.62. The molecule has 4 aromatic rings. The van der Waals surface area contributed by atoms with Crippen molar-refractivity contribution in [1.82, 2.24) is 15.5 Å². The number of anilines is 1. The maximum atomic E-state index is 13.5. The third kappa shape index (κ3) is 4.23. The van der Waals surface area contributed by atoms with Gasteiger partial charge in [0.25, 0.3) is 0 Å². The van der Waals surface area contributed by atoms with E-state index in [1.54, 1.807) is 12.1 Å². The zero-order chi connectivity index (χ0) is 19.8. The number of nitrogens with zero attached hydrogens (tertiary/aromatic N) is 1. The summed E-state index contributed by atoms with van der Waals surface area (Å²) in [7, 11) is -3.78. The van der Waals surface area contributed by atoms with Crippen molar-refractivity contribution in [2.24, 2.45) is 0 Å². The molecule has 6 nitrogen and oxygen atoms in total. The van der Waals surface area contributed by atoms with Crippen LogP contribution in [-0.2, 0) is 9.84 Å². The van der Waals surface area contributed by atoms with Gasteiger partial charge in [-0.15, -0.1) is 24.8 Å². The minimum absolute atomic E-state index is 0. The van der Waals surface area contributed by atoms with Gasteiger partial charge in [-0.05, 0) is 49.5 Å². The molecule has 1 aliphatic heterocycles. The number of fused-ring (bicyclic) bond motifs is 2. The molecule has 1 aromatic heterocycles. The Morgan fingerprint density at radius 2 is 1.55 bits per heavy atom. The van der Waals surface area contributed by atoms with E-state index in [1.165, 1.54) is 0 Å². The summed E-state index contributed by atoms with van der Waals surface area (Å²) in [5, 5.41) is 16.4. The van der Waals surface area contributed by atoms with Crippen LogP contribution in [0, 0.1) is 0 Å². The number of aromatic nitrogens is 2. The van der Waals surface area contributed by atoms with Gasteiger partial charge in [0.15, 0.2) is 5.03 Å². The monoisotopic (exact) mass is 478 g/mol.